The van der Waals surface area contributed by atoms with E-state index in [1.807, 2.05) is 11.3 Å². The molecule has 1 aliphatic rings. The summed E-state index contributed by atoms with van der Waals surface area (Å²) >= 11 is 1.85. The van der Waals surface area contributed by atoms with E-state index in [2.05, 4.69) is 41.7 Å². The largest absolute Gasteiger partial charge is 0.310 e. The van der Waals surface area contributed by atoms with Gasteiger partial charge in [0.05, 0.1) is 0 Å². The molecule has 2 rings (SSSR count). The van der Waals surface area contributed by atoms with Crippen LogP contribution in [-0.4, -0.2) is 30.6 Å². The van der Waals surface area contributed by atoms with E-state index in [-0.39, 0.29) is 0 Å². The maximum Gasteiger partial charge on any atom is 0.0325 e. The van der Waals surface area contributed by atoms with Crippen LogP contribution >= 0.6 is 11.3 Å². The first-order valence-electron chi connectivity index (χ1n) is 6.20. The third kappa shape index (κ3) is 2.84. The topological polar surface area (TPSA) is 15.3 Å². The van der Waals surface area contributed by atoms with Crippen molar-refractivity contribution in [3.05, 3.63) is 22.4 Å². The molecule has 0 saturated carbocycles. The zero-order chi connectivity index (χ0) is 11.4. The second-order valence-electron chi connectivity index (χ2n) is 4.92. The van der Waals surface area contributed by atoms with E-state index in [9.17, 15) is 0 Å². The standard InChI is InChI=1S/C13H22N2S/c1-3-13(7-5-8-14-13)11-15(2)10-12-6-4-9-16-12/h4,6,9,14H,3,5,7-8,10-11H2,1-2H3. The van der Waals surface area contributed by atoms with Crippen molar-refractivity contribution in [2.75, 3.05) is 20.1 Å². The summed E-state index contributed by atoms with van der Waals surface area (Å²) in [5.41, 5.74) is 0.381. The molecule has 0 radical (unpaired) electrons. The van der Waals surface area contributed by atoms with Crippen molar-refractivity contribution in [2.45, 2.75) is 38.3 Å². The molecular formula is C13H22N2S. The molecule has 0 bridgehead atoms. The van der Waals surface area contributed by atoms with Crippen LogP contribution in [0, 0.1) is 0 Å². The molecule has 3 heteroatoms. The number of rotatable bonds is 5. The first-order chi connectivity index (χ1) is 7.74. The zero-order valence-electron chi connectivity index (χ0n) is 10.3. The highest BCUT2D eigenvalue weighted by Crippen LogP contribution is 2.24. The highest BCUT2D eigenvalue weighted by Gasteiger charge is 2.32. The molecule has 0 spiro atoms. The molecule has 2 nitrogen and oxygen atoms in total. The van der Waals surface area contributed by atoms with Gasteiger partial charge in [-0.1, -0.05) is 13.0 Å². The van der Waals surface area contributed by atoms with Gasteiger partial charge in [0.1, 0.15) is 0 Å². The van der Waals surface area contributed by atoms with Crippen LogP contribution < -0.4 is 5.32 Å². The van der Waals surface area contributed by atoms with Crippen LogP contribution in [0.1, 0.15) is 31.1 Å². The molecule has 0 amide bonds. The lowest BCUT2D eigenvalue weighted by Crippen LogP contribution is -2.48. The molecule has 90 valence electrons. The van der Waals surface area contributed by atoms with E-state index in [0.29, 0.717) is 5.54 Å². The van der Waals surface area contributed by atoms with Gasteiger partial charge in [-0.2, -0.15) is 0 Å². The Labute approximate surface area is 103 Å². The zero-order valence-corrected chi connectivity index (χ0v) is 11.1. The molecular weight excluding hydrogens is 216 g/mol. The lowest BCUT2D eigenvalue weighted by Gasteiger charge is -2.33. The Morgan fingerprint density at radius 1 is 1.56 bits per heavy atom. The van der Waals surface area contributed by atoms with Crippen molar-refractivity contribution in [1.82, 2.24) is 10.2 Å². The van der Waals surface area contributed by atoms with Gasteiger partial charge in [-0.3, -0.25) is 4.90 Å². The van der Waals surface area contributed by atoms with Crippen molar-refractivity contribution < 1.29 is 0 Å². The van der Waals surface area contributed by atoms with Gasteiger partial charge in [0.25, 0.3) is 0 Å². The monoisotopic (exact) mass is 238 g/mol. The van der Waals surface area contributed by atoms with Crippen molar-refractivity contribution >= 4 is 11.3 Å². The first kappa shape index (κ1) is 12.1. The number of thiophene rings is 1. The molecule has 1 saturated heterocycles. The quantitative estimate of drug-likeness (QED) is 0.848. The molecule has 2 heterocycles. The number of nitrogens with zero attached hydrogens (tertiary/aromatic N) is 1. The predicted molar refractivity (Wildman–Crippen MR) is 70.9 cm³/mol. The highest BCUT2D eigenvalue weighted by atomic mass is 32.1. The summed E-state index contributed by atoms with van der Waals surface area (Å²) in [5, 5.41) is 5.85. The summed E-state index contributed by atoms with van der Waals surface area (Å²) in [7, 11) is 2.23. The Balaban J connectivity index is 1.88. The third-order valence-electron chi connectivity index (χ3n) is 3.59. The molecule has 1 aromatic heterocycles. The summed E-state index contributed by atoms with van der Waals surface area (Å²) in [6.07, 6.45) is 3.90. The minimum absolute atomic E-state index is 0.381. The Morgan fingerprint density at radius 3 is 3.00 bits per heavy atom. The first-order valence-corrected chi connectivity index (χ1v) is 7.08. The van der Waals surface area contributed by atoms with Crippen LogP contribution in [0.15, 0.2) is 17.5 Å². The summed E-state index contributed by atoms with van der Waals surface area (Å²) in [5.74, 6) is 0. The fourth-order valence-electron chi connectivity index (χ4n) is 2.66. The summed E-state index contributed by atoms with van der Waals surface area (Å²) in [6.45, 7) is 5.75. The number of hydrogen-bond acceptors (Lipinski definition) is 3. The van der Waals surface area contributed by atoms with E-state index in [1.165, 1.54) is 37.2 Å². The SMILES string of the molecule is CCC1(CN(C)Cc2cccs2)CCCN1. The maximum atomic E-state index is 3.69. The van der Waals surface area contributed by atoms with Gasteiger partial charge in [-0.05, 0) is 44.3 Å². The van der Waals surface area contributed by atoms with Crippen LogP contribution in [0.4, 0.5) is 0 Å². The van der Waals surface area contributed by atoms with E-state index in [4.69, 9.17) is 0 Å². The van der Waals surface area contributed by atoms with Gasteiger partial charge < -0.3 is 5.32 Å². The van der Waals surface area contributed by atoms with Gasteiger partial charge in [0.2, 0.25) is 0 Å². The van der Waals surface area contributed by atoms with Crippen LogP contribution in [0.3, 0.4) is 0 Å². The third-order valence-corrected chi connectivity index (χ3v) is 4.45. The fourth-order valence-corrected chi connectivity index (χ4v) is 3.44. The van der Waals surface area contributed by atoms with Crippen LogP contribution in [0.25, 0.3) is 0 Å². The molecule has 1 aromatic rings. The summed E-state index contributed by atoms with van der Waals surface area (Å²) in [6, 6.07) is 4.36. The van der Waals surface area contributed by atoms with Gasteiger partial charge in [-0.15, -0.1) is 11.3 Å². The molecule has 1 N–H and O–H groups in total. The molecule has 1 aliphatic heterocycles. The van der Waals surface area contributed by atoms with E-state index < -0.39 is 0 Å². The Bertz CT molecular complexity index is 302. The number of nitrogens with one attached hydrogen (secondary N) is 1. The molecule has 1 unspecified atom stereocenters. The van der Waals surface area contributed by atoms with Crippen LogP contribution in [0.2, 0.25) is 0 Å². The van der Waals surface area contributed by atoms with Crippen molar-refractivity contribution in [1.29, 1.82) is 0 Å². The van der Waals surface area contributed by atoms with E-state index in [0.717, 1.165) is 6.54 Å². The molecule has 1 fully saturated rings. The van der Waals surface area contributed by atoms with E-state index in [1.54, 1.807) is 0 Å². The smallest absolute Gasteiger partial charge is 0.0325 e. The molecule has 0 aliphatic carbocycles. The van der Waals surface area contributed by atoms with Crippen molar-refractivity contribution in [3.63, 3.8) is 0 Å². The second kappa shape index (κ2) is 5.30. The summed E-state index contributed by atoms with van der Waals surface area (Å²) in [4.78, 5) is 3.92. The van der Waals surface area contributed by atoms with Crippen LogP contribution in [-0.2, 0) is 6.54 Å². The lowest BCUT2D eigenvalue weighted by atomic mass is 9.93. The van der Waals surface area contributed by atoms with Gasteiger partial charge >= 0.3 is 0 Å². The Morgan fingerprint density at radius 2 is 2.44 bits per heavy atom. The van der Waals surface area contributed by atoms with Crippen molar-refractivity contribution in [2.24, 2.45) is 0 Å². The van der Waals surface area contributed by atoms with Gasteiger partial charge in [0.15, 0.2) is 0 Å². The number of likely N-dealkylation sites (N-methyl/N-ethyl adjacent to an activating group) is 1. The average molecular weight is 238 g/mol. The number of hydrogen-bond donors (Lipinski definition) is 1. The fraction of sp³-hybridized carbons (Fsp3) is 0.692. The minimum atomic E-state index is 0.381. The minimum Gasteiger partial charge on any atom is -0.310 e. The Kier molecular flexibility index (Phi) is 4.00. The van der Waals surface area contributed by atoms with Gasteiger partial charge in [-0.25, -0.2) is 0 Å². The maximum absolute atomic E-state index is 3.69. The summed E-state index contributed by atoms with van der Waals surface area (Å²) < 4.78 is 0. The van der Waals surface area contributed by atoms with Gasteiger partial charge in [0, 0.05) is 23.5 Å². The second-order valence-corrected chi connectivity index (χ2v) is 5.95. The highest BCUT2D eigenvalue weighted by molar-refractivity contribution is 7.09. The molecule has 0 aromatic carbocycles. The van der Waals surface area contributed by atoms with Crippen molar-refractivity contribution in [3.8, 4) is 0 Å². The van der Waals surface area contributed by atoms with E-state index >= 15 is 0 Å². The lowest BCUT2D eigenvalue weighted by molar-refractivity contribution is 0.215. The Hall–Kier alpha value is -0.380. The molecule has 16 heavy (non-hydrogen) atoms. The predicted octanol–water partition coefficient (Wildman–Crippen LogP) is 2.71. The average Bonchev–Trinajstić information content (AvgIpc) is 2.90. The normalized spacial score (nSPS) is 25.4. The molecule has 1 atom stereocenters. The van der Waals surface area contributed by atoms with Crippen LogP contribution in [0.5, 0.6) is 0 Å².